The Hall–Kier alpha value is -1.32. The molecule has 0 amide bonds. The Kier molecular flexibility index (Phi) is 4.32. The second kappa shape index (κ2) is 5.34. The van der Waals surface area contributed by atoms with Crippen molar-refractivity contribution in [1.82, 2.24) is 9.97 Å². The first-order valence-electron chi connectivity index (χ1n) is 6.16. The lowest BCUT2D eigenvalue weighted by Crippen LogP contribution is -2.23. The number of hydrogen-bond acceptors (Lipinski definition) is 4. The maximum Gasteiger partial charge on any atom is 0.134 e. The van der Waals surface area contributed by atoms with Crippen LogP contribution in [0.3, 0.4) is 0 Å². The van der Waals surface area contributed by atoms with E-state index < -0.39 is 0 Å². The van der Waals surface area contributed by atoms with Crippen LogP contribution in [0.2, 0.25) is 0 Å². The van der Waals surface area contributed by atoms with Gasteiger partial charge in [0, 0.05) is 19.2 Å². The molecule has 0 saturated carbocycles. The van der Waals surface area contributed by atoms with Crippen molar-refractivity contribution in [3.63, 3.8) is 0 Å². The summed E-state index contributed by atoms with van der Waals surface area (Å²) in [7, 11) is 1.88. The number of aromatic nitrogens is 2. The van der Waals surface area contributed by atoms with Crippen molar-refractivity contribution in [3.8, 4) is 0 Å². The fourth-order valence-corrected chi connectivity index (χ4v) is 1.49. The summed E-state index contributed by atoms with van der Waals surface area (Å²) < 4.78 is 0. The lowest BCUT2D eigenvalue weighted by molar-refractivity contribution is 0.376. The first-order chi connectivity index (χ1) is 7.89. The van der Waals surface area contributed by atoms with Crippen molar-refractivity contribution in [2.24, 2.45) is 5.41 Å². The highest BCUT2D eigenvalue weighted by atomic mass is 15.1. The van der Waals surface area contributed by atoms with Crippen molar-refractivity contribution in [3.05, 3.63) is 11.4 Å². The summed E-state index contributed by atoms with van der Waals surface area (Å²) >= 11 is 0. The largest absolute Gasteiger partial charge is 0.373 e. The Morgan fingerprint density at radius 3 is 2.24 bits per heavy atom. The van der Waals surface area contributed by atoms with Gasteiger partial charge in [-0.05, 0) is 25.7 Å². The molecule has 96 valence electrons. The van der Waals surface area contributed by atoms with Gasteiger partial charge in [0.05, 0.1) is 0 Å². The second-order valence-electron chi connectivity index (χ2n) is 5.21. The summed E-state index contributed by atoms with van der Waals surface area (Å²) in [5.41, 5.74) is 1.36. The molecule has 0 unspecified atom stereocenters. The predicted molar refractivity (Wildman–Crippen MR) is 73.6 cm³/mol. The summed E-state index contributed by atoms with van der Waals surface area (Å²) in [5.74, 6) is 2.62. The zero-order valence-electron chi connectivity index (χ0n) is 11.8. The molecule has 4 nitrogen and oxygen atoms in total. The third kappa shape index (κ3) is 3.58. The van der Waals surface area contributed by atoms with Crippen molar-refractivity contribution in [2.45, 2.75) is 41.0 Å². The summed E-state index contributed by atoms with van der Waals surface area (Å²) in [6.07, 6.45) is 1.14. The van der Waals surface area contributed by atoms with Crippen LogP contribution in [0.25, 0.3) is 0 Å². The minimum atomic E-state index is 0.283. The molecule has 1 heterocycles. The molecular formula is C13H24N4. The van der Waals surface area contributed by atoms with Gasteiger partial charge in [-0.1, -0.05) is 20.8 Å². The minimum Gasteiger partial charge on any atom is -0.373 e. The number of nitrogens with one attached hydrogen (secondary N) is 2. The average molecular weight is 236 g/mol. The molecule has 0 bridgehead atoms. The molecule has 2 N–H and O–H groups in total. The Morgan fingerprint density at radius 2 is 1.71 bits per heavy atom. The lowest BCUT2D eigenvalue weighted by Gasteiger charge is -2.24. The SMILES string of the molecule is CCC(C)(C)CNc1nc(C)nc(NC)c1C. The number of hydrogen-bond donors (Lipinski definition) is 2. The van der Waals surface area contributed by atoms with E-state index in [9.17, 15) is 0 Å². The van der Waals surface area contributed by atoms with Crippen LogP contribution in [0, 0.1) is 19.3 Å². The van der Waals surface area contributed by atoms with Gasteiger partial charge >= 0.3 is 0 Å². The summed E-state index contributed by atoms with van der Waals surface area (Å²) in [6.45, 7) is 11.6. The van der Waals surface area contributed by atoms with Gasteiger partial charge in [0.25, 0.3) is 0 Å². The van der Waals surface area contributed by atoms with Crippen LogP contribution in [-0.4, -0.2) is 23.6 Å². The Balaban J connectivity index is 2.88. The maximum atomic E-state index is 4.46. The highest BCUT2D eigenvalue weighted by Crippen LogP contribution is 2.23. The smallest absolute Gasteiger partial charge is 0.134 e. The number of nitrogens with zero attached hydrogens (tertiary/aromatic N) is 2. The highest BCUT2D eigenvalue weighted by molar-refractivity contribution is 5.56. The van der Waals surface area contributed by atoms with Crippen molar-refractivity contribution in [2.75, 3.05) is 24.2 Å². The summed E-state index contributed by atoms with van der Waals surface area (Å²) in [6, 6.07) is 0. The third-order valence-electron chi connectivity index (χ3n) is 3.19. The van der Waals surface area contributed by atoms with E-state index in [-0.39, 0.29) is 5.41 Å². The molecule has 0 spiro atoms. The standard InChI is InChI=1S/C13H24N4/c1-7-13(4,5)8-15-12-9(2)11(14-6)16-10(3)17-12/h7-8H2,1-6H3,(H2,14,15,16,17). The van der Waals surface area contributed by atoms with Crippen LogP contribution >= 0.6 is 0 Å². The Bertz CT molecular complexity index is 385. The zero-order valence-corrected chi connectivity index (χ0v) is 11.8. The number of aryl methyl sites for hydroxylation is 1. The van der Waals surface area contributed by atoms with E-state index in [4.69, 9.17) is 0 Å². The van der Waals surface area contributed by atoms with Crippen LogP contribution < -0.4 is 10.6 Å². The molecular weight excluding hydrogens is 212 g/mol. The van der Waals surface area contributed by atoms with E-state index in [1.165, 1.54) is 0 Å². The highest BCUT2D eigenvalue weighted by Gasteiger charge is 2.16. The van der Waals surface area contributed by atoms with E-state index in [2.05, 4.69) is 41.4 Å². The van der Waals surface area contributed by atoms with E-state index in [1.807, 2.05) is 20.9 Å². The molecule has 4 heteroatoms. The second-order valence-corrected chi connectivity index (χ2v) is 5.21. The van der Waals surface area contributed by atoms with E-state index in [1.54, 1.807) is 0 Å². The maximum absolute atomic E-state index is 4.46. The molecule has 0 atom stereocenters. The topological polar surface area (TPSA) is 49.8 Å². The predicted octanol–water partition coefficient (Wildman–Crippen LogP) is 2.98. The summed E-state index contributed by atoms with van der Waals surface area (Å²) in [5, 5.41) is 6.53. The van der Waals surface area contributed by atoms with Crippen LogP contribution in [0.15, 0.2) is 0 Å². The molecule has 1 aromatic heterocycles. The molecule has 0 aliphatic heterocycles. The quantitative estimate of drug-likeness (QED) is 0.825. The molecule has 0 fully saturated rings. The van der Waals surface area contributed by atoms with E-state index in [0.29, 0.717) is 0 Å². The van der Waals surface area contributed by atoms with Gasteiger partial charge in [-0.3, -0.25) is 0 Å². The fourth-order valence-electron chi connectivity index (χ4n) is 1.49. The van der Waals surface area contributed by atoms with Crippen LogP contribution in [0.4, 0.5) is 11.6 Å². The van der Waals surface area contributed by atoms with Crippen LogP contribution in [-0.2, 0) is 0 Å². The van der Waals surface area contributed by atoms with Crippen molar-refractivity contribution in [1.29, 1.82) is 0 Å². The molecule has 0 aliphatic rings. The van der Waals surface area contributed by atoms with E-state index in [0.717, 1.165) is 36.0 Å². The third-order valence-corrected chi connectivity index (χ3v) is 3.19. The van der Waals surface area contributed by atoms with Crippen LogP contribution in [0.1, 0.15) is 38.6 Å². The minimum absolute atomic E-state index is 0.283. The van der Waals surface area contributed by atoms with Crippen molar-refractivity contribution >= 4 is 11.6 Å². The zero-order chi connectivity index (χ0) is 13.1. The molecule has 0 aliphatic carbocycles. The molecule has 1 aromatic rings. The fraction of sp³-hybridized carbons (Fsp3) is 0.692. The first-order valence-corrected chi connectivity index (χ1v) is 6.16. The number of anilines is 2. The van der Waals surface area contributed by atoms with Gasteiger partial charge in [-0.15, -0.1) is 0 Å². The lowest BCUT2D eigenvalue weighted by atomic mass is 9.90. The molecule has 1 rings (SSSR count). The van der Waals surface area contributed by atoms with Gasteiger partial charge in [0.2, 0.25) is 0 Å². The van der Waals surface area contributed by atoms with Gasteiger partial charge in [0.15, 0.2) is 0 Å². The van der Waals surface area contributed by atoms with Crippen molar-refractivity contribution < 1.29 is 0 Å². The summed E-state index contributed by atoms with van der Waals surface area (Å²) in [4.78, 5) is 8.81. The molecule has 0 saturated heterocycles. The average Bonchev–Trinajstić information content (AvgIpc) is 2.30. The monoisotopic (exact) mass is 236 g/mol. The number of rotatable bonds is 5. The molecule has 0 radical (unpaired) electrons. The molecule has 0 aromatic carbocycles. The normalized spacial score (nSPS) is 11.4. The van der Waals surface area contributed by atoms with Crippen LogP contribution in [0.5, 0.6) is 0 Å². The Morgan fingerprint density at radius 1 is 1.12 bits per heavy atom. The van der Waals surface area contributed by atoms with E-state index >= 15 is 0 Å². The van der Waals surface area contributed by atoms with Gasteiger partial charge < -0.3 is 10.6 Å². The van der Waals surface area contributed by atoms with Gasteiger partial charge in [0.1, 0.15) is 17.5 Å². The van der Waals surface area contributed by atoms with Gasteiger partial charge in [-0.2, -0.15) is 0 Å². The Labute approximate surface area is 104 Å². The van der Waals surface area contributed by atoms with Gasteiger partial charge in [-0.25, -0.2) is 9.97 Å². The first kappa shape index (κ1) is 13.7. The molecule has 17 heavy (non-hydrogen) atoms.